The van der Waals surface area contributed by atoms with Crippen LogP contribution < -0.4 is 4.90 Å². The van der Waals surface area contributed by atoms with Gasteiger partial charge >= 0.3 is 0 Å². The molecule has 0 saturated heterocycles. The van der Waals surface area contributed by atoms with Gasteiger partial charge in [0.05, 0.1) is 5.69 Å². The van der Waals surface area contributed by atoms with Crippen LogP contribution in [-0.4, -0.2) is 0 Å². The van der Waals surface area contributed by atoms with Crippen molar-refractivity contribution in [1.82, 2.24) is 0 Å². The lowest BCUT2D eigenvalue weighted by Crippen LogP contribution is -2.10. The summed E-state index contributed by atoms with van der Waals surface area (Å²) in [6.45, 7) is 2.14. The largest absolute Gasteiger partial charge is 0.456 e. The third-order valence-corrected chi connectivity index (χ3v) is 11.1. The monoisotopic (exact) mass is 729 g/mol. The molecule has 2 nitrogen and oxygen atoms in total. The van der Waals surface area contributed by atoms with Crippen LogP contribution in [0.15, 0.2) is 223 Å². The highest BCUT2D eigenvalue weighted by atomic mass is 16.3. The summed E-state index contributed by atoms with van der Waals surface area (Å²) in [5.74, 6) is 0.928. The van der Waals surface area contributed by atoms with E-state index in [0.29, 0.717) is 0 Å². The molecule has 2 heteroatoms. The lowest BCUT2D eigenvalue weighted by Gasteiger charge is -2.27. The quantitative estimate of drug-likeness (QED) is 0.155. The predicted octanol–water partition coefficient (Wildman–Crippen LogP) is 15.7. The van der Waals surface area contributed by atoms with Gasteiger partial charge in [0.2, 0.25) is 0 Å². The highest BCUT2D eigenvalue weighted by Crippen LogP contribution is 2.41. The Hall–Kier alpha value is -7.42. The first-order valence-corrected chi connectivity index (χ1v) is 19.5. The van der Waals surface area contributed by atoms with E-state index in [4.69, 9.17) is 4.42 Å². The highest BCUT2D eigenvalue weighted by molar-refractivity contribution is 5.99. The topological polar surface area (TPSA) is 16.4 Å². The fourth-order valence-corrected chi connectivity index (χ4v) is 8.07. The molecule has 0 amide bonds. The third-order valence-electron chi connectivity index (χ3n) is 11.1. The minimum absolute atomic E-state index is 0.921. The van der Waals surface area contributed by atoms with Crippen molar-refractivity contribution >= 4 is 38.8 Å². The molecule has 1 aromatic heterocycles. The van der Waals surface area contributed by atoms with E-state index in [0.717, 1.165) is 44.9 Å². The molecule has 10 aromatic rings. The van der Waals surface area contributed by atoms with Crippen LogP contribution >= 0.6 is 0 Å². The van der Waals surface area contributed by atoms with Gasteiger partial charge in [-0.25, -0.2) is 0 Å². The number of para-hydroxylation sites is 1. The van der Waals surface area contributed by atoms with Crippen LogP contribution in [0.25, 0.3) is 77.6 Å². The average Bonchev–Trinajstić information content (AvgIpc) is 3.63. The van der Waals surface area contributed by atoms with E-state index < -0.39 is 0 Å². The Morgan fingerprint density at radius 3 is 1.35 bits per heavy atom. The Morgan fingerprint density at radius 1 is 0.333 bits per heavy atom. The van der Waals surface area contributed by atoms with Gasteiger partial charge in [-0.3, -0.25) is 0 Å². The predicted molar refractivity (Wildman–Crippen MR) is 240 cm³/mol. The fourth-order valence-electron chi connectivity index (χ4n) is 8.07. The number of nitrogens with zero attached hydrogens (tertiary/aromatic N) is 1. The second kappa shape index (κ2) is 14.7. The van der Waals surface area contributed by atoms with Crippen LogP contribution in [0.4, 0.5) is 17.1 Å². The molecule has 10 rings (SSSR count). The second-order valence-corrected chi connectivity index (χ2v) is 14.6. The number of aryl methyl sites for hydroxylation is 1. The average molecular weight is 730 g/mol. The lowest BCUT2D eigenvalue weighted by atomic mass is 9.97. The van der Waals surface area contributed by atoms with Gasteiger partial charge in [-0.2, -0.15) is 0 Å². The molecule has 270 valence electrons. The molecular formula is C55H39NO. The molecule has 0 radical (unpaired) electrons. The number of fused-ring (bicyclic) bond motifs is 2. The van der Waals surface area contributed by atoms with E-state index in [1.165, 1.54) is 55.3 Å². The van der Waals surface area contributed by atoms with Crippen LogP contribution in [0.2, 0.25) is 0 Å². The highest BCUT2D eigenvalue weighted by Gasteiger charge is 2.17. The van der Waals surface area contributed by atoms with Gasteiger partial charge in [-0.15, -0.1) is 0 Å². The number of furan rings is 1. The van der Waals surface area contributed by atoms with Crippen LogP contribution in [0.3, 0.4) is 0 Å². The van der Waals surface area contributed by atoms with E-state index in [1.54, 1.807) is 0 Å². The summed E-state index contributed by atoms with van der Waals surface area (Å²) in [6.07, 6.45) is 0. The number of anilines is 3. The van der Waals surface area contributed by atoms with Crippen molar-refractivity contribution in [1.29, 1.82) is 0 Å². The first kappa shape index (κ1) is 34.1. The Kier molecular flexibility index (Phi) is 8.78. The molecule has 0 aliphatic carbocycles. The van der Waals surface area contributed by atoms with Crippen molar-refractivity contribution in [2.75, 3.05) is 4.90 Å². The molecule has 1 heterocycles. The first-order chi connectivity index (χ1) is 28.2. The molecule has 0 aliphatic heterocycles. The van der Waals surface area contributed by atoms with Gasteiger partial charge in [0.15, 0.2) is 0 Å². The maximum absolute atomic E-state index is 6.29. The molecule has 57 heavy (non-hydrogen) atoms. The van der Waals surface area contributed by atoms with Crippen molar-refractivity contribution in [3.8, 4) is 55.8 Å². The van der Waals surface area contributed by atoms with Gasteiger partial charge < -0.3 is 9.32 Å². The molecular weight excluding hydrogens is 691 g/mol. The minimum Gasteiger partial charge on any atom is -0.456 e. The SMILES string of the molecule is Cc1c(-c2cccc(-c3ccc(-c4ccc(N(c5ccc(-c6ccc(-c7ccccc7)cc6)cc5)c5cccc6ccccc56)cc4)cc3)c2)oc2ccccc12. The van der Waals surface area contributed by atoms with E-state index in [1.807, 2.05) is 12.1 Å². The maximum atomic E-state index is 6.29. The summed E-state index contributed by atoms with van der Waals surface area (Å²) in [7, 11) is 0. The summed E-state index contributed by atoms with van der Waals surface area (Å²) >= 11 is 0. The van der Waals surface area contributed by atoms with Gasteiger partial charge in [0.1, 0.15) is 11.3 Å². The Balaban J connectivity index is 0.944. The van der Waals surface area contributed by atoms with Crippen molar-refractivity contribution in [3.63, 3.8) is 0 Å². The van der Waals surface area contributed by atoms with Crippen LogP contribution in [0.1, 0.15) is 5.56 Å². The molecule has 0 bridgehead atoms. The molecule has 0 atom stereocenters. The number of hydrogen-bond acceptors (Lipinski definition) is 2. The van der Waals surface area contributed by atoms with Crippen molar-refractivity contribution < 1.29 is 4.42 Å². The Labute approximate surface area is 333 Å². The molecule has 0 aliphatic rings. The summed E-state index contributed by atoms with van der Waals surface area (Å²) in [5.41, 5.74) is 16.0. The normalized spacial score (nSPS) is 11.2. The van der Waals surface area contributed by atoms with Crippen molar-refractivity contribution in [2.45, 2.75) is 6.92 Å². The van der Waals surface area contributed by atoms with Gasteiger partial charge in [-0.1, -0.05) is 176 Å². The first-order valence-electron chi connectivity index (χ1n) is 19.5. The zero-order valence-corrected chi connectivity index (χ0v) is 31.6. The Bertz CT molecular complexity index is 2970. The fraction of sp³-hybridized carbons (Fsp3) is 0.0182. The lowest BCUT2D eigenvalue weighted by molar-refractivity contribution is 0.629. The van der Waals surface area contributed by atoms with Gasteiger partial charge in [-0.05, 0) is 99.3 Å². The summed E-state index contributed by atoms with van der Waals surface area (Å²) in [6, 6.07) is 78.2. The van der Waals surface area contributed by atoms with E-state index >= 15 is 0 Å². The summed E-state index contributed by atoms with van der Waals surface area (Å²) in [4.78, 5) is 2.37. The molecule has 0 saturated carbocycles. The number of rotatable bonds is 8. The number of hydrogen-bond donors (Lipinski definition) is 0. The van der Waals surface area contributed by atoms with Crippen LogP contribution in [0.5, 0.6) is 0 Å². The van der Waals surface area contributed by atoms with Crippen molar-refractivity contribution in [3.05, 3.63) is 224 Å². The zero-order valence-electron chi connectivity index (χ0n) is 31.6. The summed E-state index contributed by atoms with van der Waals surface area (Å²) < 4.78 is 6.29. The van der Waals surface area contributed by atoms with E-state index in [9.17, 15) is 0 Å². The number of benzene rings is 9. The van der Waals surface area contributed by atoms with E-state index in [-0.39, 0.29) is 0 Å². The molecule has 0 fully saturated rings. The van der Waals surface area contributed by atoms with Crippen LogP contribution in [0, 0.1) is 6.92 Å². The Morgan fingerprint density at radius 2 is 0.754 bits per heavy atom. The molecule has 0 spiro atoms. The standard InChI is InChI=1S/C55H39NO/c1-38-51-17-7-8-20-54(51)57-55(38)48-16-9-15-47(37-48)45-27-25-42(26-28-45)44-31-35-50(36-32-44)56(53-19-10-14-46-13-5-6-18-52(46)53)49-33-29-43(30-34-49)41-23-21-40(22-24-41)39-11-3-2-4-12-39/h2-37H,1H3. The zero-order chi connectivity index (χ0) is 38.1. The van der Waals surface area contributed by atoms with Crippen LogP contribution in [-0.2, 0) is 0 Å². The minimum atomic E-state index is 0.921. The van der Waals surface area contributed by atoms with E-state index in [2.05, 4.69) is 218 Å². The third kappa shape index (κ3) is 6.58. The molecule has 0 N–H and O–H groups in total. The molecule has 0 unspecified atom stereocenters. The second-order valence-electron chi connectivity index (χ2n) is 14.6. The van der Waals surface area contributed by atoms with Crippen molar-refractivity contribution in [2.24, 2.45) is 0 Å². The maximum Gasteiger partial charge on any atom is 0.138 e. The van der Waals surface area contributed by atoms with Gasteiger partial charge in [0, 0.05) is 33.3 Å². The summed E-state index contributed by atoms with van der Waals surface area (Å²) in [5, 5.41) is 3.58. The smallest absolute Gasteiger partial charge is 0.138 e. The van der Waals surface area contributed by atoms with Gasteiger partial charge in [0.25, 0.3) is 0 Å². The molecule has 9 aromatic carbocycles.